The number of aromatic amines is 1. The highest BCUT2D eigenvalue weighted by molar-refractivity contribution is 7.92. The molecule has 39 heavy (non-hydrogen) atoms. The number of halogens is 3. The van der Waals surface area contributed by atoms with Crippen LogP contribution in [0.15, 0.2) is 71.8 Å². The maximum atomic E-state index is 13.2. The standard InChI is InChI=1S/C26H23F3N4O5S/c27-26(28,29)38-17-9-11-18(12-10-17)39(36,37)33-16-13-19-22(15-5-2-1-3-6-15)23(32-24(19)30-14-16)25(35)31-20-7-4-8-21(20)34/h1-3,5-6,9-14,20-21,33-34H,4,7-8H2,(H,30,32)(H,31,35)/t20-,21+/m0/s1. The molecule has 1 aliphatic rings. The number of aliphatic hydroxyl groups excluding tert-OH is 1. The van der Waals surface area contributed by atoms with Gasteiger partial charge in [0.2, 0.25) is 0 Å². The third-order valence-electron chi connectivity index (χ3n) is 6.36. The molecule has 1 saturated carbocycles. The van der Waals surface area contributed by atoms with Gasteiger partial charge in [0, 0.05) is 10.9 Å². The van der Waals surface area contributed by atoms with Crippen LogP contribution in [-0.2, 0) is 10.0 Å². The Morgan fingerprint density at radius 1 is 1.08 bits per heavy atom. The predicted molar refractivity (Wildman–Crippen MR) is 137 cm³/mol. The normalized spacial score (nSPS) is 17.7. The molecule has 4 N–H and O–H groups in total. The Labute approximate surface area is 221 Å². The molecular weight excluding hydrogens is 537 g/mol. The number of hydrogen-bond donors (Lipinski definition) is 4. The van der Waals surface area contributed by atoms with Gasteiger partial charge < -0.3 is 20.1 Å². The largest absolute Gasteiger partial charge is 0.573 e. The van der Waals surface area contributed by atoms with Crippen molar-refractivity contribution in [3.05, 3.63) is 72.6 Å². The molecule has 0 bridgehead atoms. The number of benzene rings is 2. The second kappa shape index (κ2) is 10.2. The average Bonchev–Trinajstić information content (AvgIpc) is 3.46. The van der Waals surface area contributed by atoms with Crippen LogP contribution >= 0.6 is 0 Å². The first-order valence-corrected chi connectivity index (χ1v) is 13.4. The number of aromatic nitrogens is 2. The number of H-pyrrole nitrogens is 1. The number of nitrogens with one attached hydrogen (secondary N) is 3. The molecule has 9 nitrogen and oxygen atoms in total. The molecule has 13 heteroatoms. The molecule has 2 aromatic carbocycles. The molecule has 1 amide bonds. The van der Waals surface area contributed by atoms with Crippen LogP contribution in [0, 0.1) is 0 Å². The van der Waals surface area contributed by atoms with Crippen LogP contribution in [0.5, 0.6) is 5.75 Å². The van der Waals surface area contributed by atoms with E-state index in [2.05, 4.69) is 24.7 Å². The van der Waals surface area contributed by atoms with E-state index < -0.39 is 34.1 Å². The summed E-state index contributed by atoms with van der Waals surface area (Å²) in [5.74, 6) is -0.985. The molecule has 0 unspecified atom stereocenters. The average molecular weight is 561 g/mol. The van der Waals surface area contributed by atoms with E-state index in [-0.39, 0.29) is 22.3 Å². The Hall–Kier alpha value is -4.10. The zero-order valence-corrected chi connectivity index (χ0v) is 21.0. The summed E-state index contributed by atoms with van der Waals surface area (Å²) >= 11 is 0. The summed E-state index contributed by atoms with van der Waals surface area (Å²) in [6.45, 7) is 0. The number of amides is 1. The number of pyridine rings is 1. The van der Waals surface area contributed by atoms with Gasteiger partial charge in [0.05, 0.1) is 28.9 Å². The summed E-state index contributed by atoms with van der Waals surface area (Å²) in [6, 6.07) is 13.9. The summed E-state index contributed by atoms with van der Waals surface area (Å²) in [6.07, 6.45) is -2.22. The monoisotopic (exact) mass is 560 g/mol. The number of fused-ring (bicyclic) bond motifs is 1. The SMILES string of the molecule is O=C(N[C@H]1CCC[C@H]1O)c1[nH]c2ncc(NS(=O)(=O)c3ccc(OC(F)(F)F)cc3)cc2c1-c1ccccc1. The number of aliphatic hydroxyl groups is 1. The van der Waals surface area contributed by atoms with Crippen molar-refractivity contribution in [3.8, 4) is 16.9 Å². The lowest BCUT2D eigenvalue weighted by Crippen LogP contribution is -2.40. The first kappa shape index (κ1) is 26.5. The van der Waals surface area contributed by atoms with Crippen LogP contribution in [0.4, 0.5) is 18.9 Å². The lowest BCUT2D eigenvalue weighted by atomic mass is 10.0. The van der Waals surface area contributed by atoms with Crippen molar-refractivity contribution < 1.29 is 36.2 Å². The number of alkyl halides is 3. The van der Waals surface area contributed by atoms with Gasteiger partial charge in [0.25, 0.3) is 15.9 Å². The molecule has 2 aromatic heterocycles. The van der Waals surface area contributed by atoms with Gasteiger partial charge in [0.15, 0.2) is 0 Å². The van der Waals surface area contributed by atoms with E-state index in [1.54, 1.807) is 24.3 Å². The van der Waals surface area contributed by atoms with E-state index in [0.717, 1.165) is 30.7 Å². The van der Waals surface area contributed by atoms with Crippen molar-refractivity contribution in [1.29, 1.82) is 0 Å². The topological polar surface area (TPSA) is 133 Å². The smallest absolute Gasteiger partial charge is 0.406 e. The highest BCUT2D eigenvalue weighted by Gasteiger charge is 2.31. The van der Waals surface area contributed by atoms with Crippen molar-refractivity contribution in [2.24, 2.45) is 0 Å². The van der Waals surface area contributed by atoms with Crippen LogP contribution in [0.25, 0.3) is 22.2 Å². The van der Waals surface area contributed by atoms with Crippen LogP contribution < -0.4 is 14.8 Å². The zero-order valence-electron chi connectivity index (χ0n) is 20.2. The molecule has 2 atom stereocenters. The number of rotatable bonds is 7. The Balaban J connectivity index is 1.48. The van der Waals surface area contributed by atoms with Crippen molar-refractivity contribution in [1.82, 2.24) is 15.3 Å². The fourth-order valence-electron chi connectivity index (χ4n) is 4.59. The zero-order chi connectivity index (χ0) is 27.8. The molecule has 2 heterocycles. The van der Waals surface area contributed by atoms with Crippen LogP contribution in [0.3, 0.4) is 0 Å². The van der Waals surface area contributed by atoms with Gasteiger partial charge in [-0.25, -0.2) is 13.4 Å². The second-order valence-corrected chi connectivity index (χ2v) is 10.7. The molecule has 5 rings (SSSR count). The summed E-state index contributed by atoms with van der Waals surface area (Å²) in [5.41, 5.74) is 1.80. The highest BCUT2D eigenvalue weighted by Crippen LogP contribution is 2.34. The van der Waals surface area contributed by atoms with E-state index in [9.17, 15) is 31.5 Å². The first-order valence-electron chi connectivity index (χ1n) is 11.9. The Morgan fingerprint density at radius 2 is 1.79 bits per heavy atom. The third-order valence-corrected chi connectivity index (χ3v) is 7.75. The fourth-order valence-corrected chi connectivity index (χ4v) is 5.62. The molecule has 0 radical (unpaired) electrons. The van der Waals surface area contributed by atoms with Gasteiger partial charge in [-0.3, -0.25) is 9.52 Å². The maximum Gasteiger partial charge on any atom is 0.573 e. The van der Waals surface area contributed by atoms with Gasteiger partial charge in [-0.15, -0.1) is 13.2 Å². The van der Waals surface area contributed by atoms with Gasteiger partial charge in [-0.2, -0.15) is 0 Å². The van der Waals surface area contributed by atoms with E-state index in [4.69, 9.17) is 0 Å². The van der Waals surface area contributed by atoms with Crippen molar-refractivity contribution in [2.45, 2.75) is 42.7 Å². The van der Waals surface area contributed by atoms with E-state index in [1.165, 1.54) is 12.3 Å². The lowest BCUT2D eigenvalue weighted by Gasteiger charge is -2.16. The number of carbonyl (C=O) groups excluding carboxylic acids is 1. The number of ether oxygens (including phenoxy) is 1. The quantitative estimate of drug-likeness (QED) is 0.262. The van der Waals surface area contributed by atoms with Crippen molar-refractivity contribution in [2.75, 3.05) is 4.72 Å². The van der Waals surface area contributed by atoms with Crippen LogP contribution in [0.1, 0.15) is 29.8 Å². The molecule has 1 fully saturated rings. The lowest BCUT2D eigenvalue weighted by molar-refractivity contribution is -0.274. The van der Waals surface area contributed by atoms with E-state index in [1.807, 2.05) is 6.07 Å². The predicted octanol–water partition coefficient (Wildman–Crippen LogP) is 4.57. The maximum absolute atomic E-state index is 13.2. The molecule has 0 aliphatic heterocycles. The molecule has 0 saturated heterocycles. The van der Waals surface area contributed by atoms with E-state index >= 15 is 0 Å². The molecule has 1 aliphatic carbocycles. The van der Waals surface area contributed by atoms with Crippen LogP contribution in [0.2, 0.25) is 0 Å². The fraction of sp³-hybridized carbons (Fsp3) is 0.231. The Kier molecular flexibility index (Phi) is 6.95. The van der Waals surface area contributed by atoms with Gasteiger partial charge >= 0.3 is 6.36 Å². The minimum atomic E-state index is -4.90. The van der Waals surface area contributed by atoms with Gasteiger partial charge in [-0.05, 0) is 55.2 Å². The van der Waals surface area contributed by atoms with Crippen molar-refractivity contribution >= 4 is 32.7 Å². The minimum absolute atomic E-state index is 0.0764. The van der Waals surface area contributed by atoms with Gasteiger partial charge in [0.1, 0.15) is 17.1 Å². The summed E-state index contributed by atoms with van der Waals surface area (Å²) < 4.78 is 69.3. The summed E-state index contributed by atoms with van der Waals surface area (Å²) in [5, 5.41) is 13.5. The molecule has 0 spiro atoms. The van der Waals surface area contributed by atoms with Crippen LogP contribution in [-0.4, -0.2) is 47.9 Å². The summed E-state index contributed by atoms with van der Waals surface area (Å²) in [4.78, 5) is 20.3. The summed E-state index contributed by atoms with van der Waals surface area (Å²) in [7, 11) is -4.20. The van der Waals surface area contributed by atoms with Crippen molar-refractivity contribution in [3.63, 3.8) is 0 Å². The number of sulfonamides is 1. The number of nitrogens with zero attached hydrogens (tertiary/aromatic N) is 1. The Morgan fingerprint density at radius 3 is 2.44 bits per heavy atom. The van der Waals surface area contributed by atoms with E-state index in [0.29, 0.717) is 35.0 Å². The third kappa shape index (κ3) is 5.83. The Bertz CT molecular complexity index is 1610. The number of anilines is 1. The first-order chi connectivity index (χ1) is 18.5. The number of hydrogen-bond acceptors (Lipinski definition) is 6. The highest BCUT2D eigenvalue weighted by atomic mass is 32.2. The molecule has 4 aromatic rings. The molecule has 204 valence electrons. The minimum Gasteiger partial charge on any atom is -0.406 e. The molecular formula is C26H23F3N4O5S. The number of carbonyl (C=O) groups is 1. The second-order valence-electron chi connectivity index (χ2n) is 9.06. The van der Waals surface area contributed by atoms with Gasteiger partial charge in [-0.1, -0.05) is 30.3 Å².